The van der Waals surface area contributed by atoms with Crippen molar-refractivity contribution in [3.8, 4) is 0 Å². The summed E-state index contributed by atoms with van der Waals surface area (Å²) < 4.78 is 0. The van der Waals surface area contributed by atoms with Crippen LogP contribution < -0.4 is 0 Å². The van der Waals surface area contributed by atoms with E-state index in [1.165, 1.54) is 66.8 Å². The van der Waals surface area contributed by atoms with Crippen LogP contribution >= 0.6 is 0 Å². The molecule has 8 aromatic rings. The molecule has 0 aliphatic heterocycles. The number of aromatic nitrogens is 8. The lowest BCUT2D eigenvalue weighted by molar-refractivity contribution is 0.385. The van der Waals surface area contributed by atoms with Crippen LogP contribution in [-0.4, -0.2) is 39.9 Å². The Labute approximate surface area is 367 Å². The van der Waals surface area contributed by atoms with Gasteiger partial charge in [0.05, 0.1) is 24.9 Å². The van der Waals surface area contributed by atoms with Crippen molar-refractivity contribution in [1.82, 2.24) is 39.9 Å². The first-order chi connectivity index (χ1) is 30.1. The molecule has 0 aliphatic rings. The first-order valence-corrected chi connectivity index (χ1v) is 22.3. The third kappa shape index (κ3) is 8.87. The molecule has 0 aliphatic carbocycles. The molecule has 318 valence electrons. The van der Waals surface area contributed by atoms with Gasteiger partial charge in [-0.05, 0) is 154 Å². The third-order valence-corrected chi connectivity index (χ3v) is 13.9. The first kappa shape index (κ1) is 42.4. The van der Waals surface area contributed by atoms with Crippen molar-refractivity contribution in [2.75, 3.05) is 0 Å². The Morgan fingerprint density at radius 3 is 1.39 bits per heavy atom. The number of hydrogen-bond acceptors (Lipinski definition) is 4. The molecule has 8 nitrogen and oxygen atoms in total. The quantitative estimate of drug-likeness (QED) is 0.0732. The standard InChI is InChI=1S/C54H62N8/c1-33-13-9-14-34(2)42(33)21-22-43(47-27-55-30-59-47)44(48-28-56-31-60-48)23-24-45(50-37(5)17-11-18-38(50)6)52(49-29-57-32-61-49)53(51-39(7)19-12-20-40(51)8)54-58-26-41(62-54)25-46-35(3)15-10-16-36(46)4/h9-20,26-32,43-45,52-53H,21-25H2,1-8H3,(H,55,59)(H,56,60)(H,57,61)(H,58,62). The number of nitrogens with one attached hydrogen (secondary N) is 4. The van der Waals surface area contributed by atoms with E-state index in [0.29, 0.717) is 0 Å². The number of nitrogens with zero attached hydrogens (tertiary/aromatic N) is 4. The van der Waals surface area contributed by atoms with E-state index in [4.69, 9.17) is 9.97 Å². The Morgan fingerprint density at radius 1 is 0.452 bits per heavy atom. The van der Waals surface area contributed by atoms with Crippen molar-refractivity contribution in [1.29, 1.82) is 0 Å². The van der Waals surface area contributed by atoms with Crippen LogP contribution in [0.4, 0.5) is 0 Å². The Kier molecular flexibility index (Phi) is 12.8. The molecule has 5 atom stereocenters. The molecule has 8 heteroatoms. The first-order valence-electron chi connectivity index (χ1n) is 22.3. The number of hydrogen-bond donors (Lipinski definition) is 4. The van der Waals surface area contributed by atoms with Crippen LogP contribution in [0.25, 0.3) is 0 Å². The van der Waals surface area contributed by atoms with Gasteiger partial charge in [-0.25, -0.2) is 19.9 Å². The van der Waals surface area contributed by atoms with Gasteiger partial charge in [-0.15, -0.1) is 0 Å². The van der Waals surface area contributed by atoms with E-state index in [-0.39, 0.29) is 29.6 Å². The number of aryl methyl sites for hydroxylation is 8. The molecule has 8 rings (SSSR count). The SMILES string of the molecule is Cc1cccc(C)c1CCC(c1cnc[nH]1)C(CCC(c1c(C)cccc1C)C(c1cnc[nH]1)C(c1ncc(Cc2c(C)cccc2C)[nH]1)c1c(C)cccc1C)c1cnc[nH]1. The van der Waals surface area contributed by atoms with E-state index in [2.05, 4.69) is 170 Å². The van der Waals surface area contributed by atoms with Gasteiger partial charge in [0.25, 0.3) is 0 Å². The number of aromatic amines is 4. The molecule has 0 fully saturated rings. The maximum atomic E-state index is 5.33. The van der Waals surface area contributed by atoms with E-state index in [1.54, 1.807) is 0 Å². The zero-order chi connectivity index (χ0) is 43.3. The van der Waals surface area contributed by atoms with Crippen molar-refractivity contribution < 1.29 is 0 Å². The molecule has 0 radical (unpaired) electrons. The highest BCUT2D eigenvalue weighted by Crippen LogP contribution is 2.52. The fraction of sp³-hybridized carbons (Fsp3) is 0.333. The Hall–Kier alpha value is -6.28. The van der Waals surface area contributed by atoms with Gasteiger partial charge in [-0.3, -0.25) is 0 Å². The maximum Gasteiger partial charge on any atom is 0.114 e. The highest BCUT2D eigenvalue weighted by molar-refractivity contribution is 5.47. The average Bonchev–Trinajstić information content (AvgIpc) is 4.10. The van der Waals surface area contributed by atoms with Crippen LogP contribution in [0, 0.1) is 55.4 Å². The highest BCUT2D eigenvalue weighted by atomic mass is 14.9. The van der Waals surface area contributed by atoms with Crippen LogP contribution in [0.2, 0.25) is 0 Å². The number of rotatable bonds is 17. The average molecular weight is 823 g/mol. The molecule has 0 amide bonds. The van der Waals surface area contributed by atoms with Crippen LogP contribution in [0.3, 0.4) is 0 Å². The lowest BCUT2D eigenvalue weighted by Gasteiger charge is -2.37. The zero-order valence-corrected chi connectivity index (χ0v) is 37.7. The molecule has 4 heterocycles. The molecule has 0 saturated carbocycles. The summed E-state index contributed by atoms with van der Waals surface area (Å²) in [5.74, 6) is 1.23. The topological polar surface area (TPSA) is 115 Å². The Balaban J connectivity index is 1.27. The fourth-order valence-electron chi connectivity index (χ4n) is 10.7. The lowest BCUT2D eigenvalue weighted by atomic mass is 9.67. The molecular formula is C54H62N8. The van der Waals surface area contributed by atoms with Crippen LogP contribution in [0.15, 0.2) is 117 Å². The summed E-state index contributed by atoms with van der Waals surface area (Å²) in [7, 11) is 0. The normalized spacial score (nSPS) is 14.1. The minimum absolute atomic E-state index is 0.0427. The summed E-state index contributed by atoms with van der Waals surface area (Å²) in [5, 5.41) is 0. The summed E-state index contributed by atoms with van der Waals surface area (Å²) in [6.45, 7) is 18.0. The van der Waals surface area contributed by atoms with E-state index in [9.17, 15) is 0 Å². The van der Waals surface area contributed by atoms with Gasteiger partial charge >= 0.3 is 0 Å². The Bertz CT molecular complexity index is 2600. The second-order valence-electron chi connectivity index (χ2n) is 17.8. The van der Waals surface area contributed by atoms with Gasteiger partial charge in [0.15, 0.2) is 0 Å². The van der Waals surface area contributed by atoms with E-state index in [0.717, 1.165) is 60.7 Å². The number of H-pyrrole nitrogens is 4. The summed E-state index contributed by atoms with van der Waals surface area (Å²) in [6, 6.07) is 26.7. The minimum atomic E-state index is -0.106. The molecule has 4 aromatic heterocycles. The molecule has 0 spiro atoms. The van der Waals surface area contributed by atoms with Gasteiger partial charge < -0.3 is 19.9 Å². The van der Waals surface area contributed by atoms with Gasteiger partial charge in [0, 0.05) is 71.7 Å². The van der Waals surface area contributed by atoms with E-state index in [1.807, 2.05) is 31.4 Å². The van der Waals surface area contributed by atoms with Crippen molar-refractivity contribution in [3.63, 3.8) is 0 Å². The summed E-state index contributed by atoms with van der Waals surface area (Å²) in [6.07, 6.45) is 18.2. The fourth-order valence-corrected chi connectivity index (χ4v) is 10.7. The molecule has 4 N–H and O–H groups in total. The van der Waals surface area contributed by atoms with Gasteiger partial charge in [-0.2, -0.15) is 0 Å². The van der Waals surface area contributed by atoms with Crippen LogP contribution in [-0.2, 0) is 12.8 Å². The minimum Gasteiger partial charge on any atom is -0.348 e. The number of benzene rings is 4. The molecule has 5 unspecified atom stereocenters. The molecule has 4 aromatic carbocycles. The zero-order valence-electron chi connectivity index (χ0n) is 37.7. The largest absolute Gasteiger partial charge is 0.348 e. The summed E-state index contributed by atoms with van der Waals surface area (Å²) in [4.78, 5) is 34.0. The van der Waals surface area contributed by atoms with Crippen LogP contribution in [0.5, 0.6) is 0 Å². The molecule has 0 saturated heterocycles. The second kappa shape index (κ2) is 18.8. The Morgan fingerprint density at radius 2 is 0.887 bits per heavy atom. The third-order valence-electron chi connectivity index (χ3n) is 13.9. The second-order valence-corrected chi connectivity index (χ2v) is 17.8. The van der Waals surface area contributed by atoms with Crippen molar-refractivity contribution >= 4 is 0 Å². The van der Waals surface area contributed by atoms with E-state index < -0.39 is 0 Å². The molecular weight excluding hydrogens is 761 g/mol. The van der Waals surface area contributed by atoms with Gasteiger partial charge in [0.1, 0.15) is 5.82 Å². The van der Waals surface area contributed by atoms with Gasteiger partial charge in [-0.1, -0.05) is 72.8 Å². The van der Waals surface area contributed by atoms with Crippen molar-refractivity contribution in [3.05, 3.63) is 212 Å². The molecule has 62 heavy (non-hydrogen) atoms. The monoisotopic (exact) mass is 823 g/mol. The maximum absolute atomic E-state index is 5.33. The molecule has 0 bridgehead atoms. The lowest BCUT2D eigenvalue weighted by Crippen LogP contribution is -2.25. The summed E-state index contributed by atoms with van der Waals surface area (Å²) >= 11 is 0. The van der Waals surface area contributed by atoms with Crippen LogP contribution in [0.1, 0.15) is 144 Å². The smallest absolute Gasteiger partial charge is 0.114 e. The summed E-state index contributed by atoms with van der Waals surface area (Å²) in [5.41, 5.74) is 20.4. The number of imidazole rings is 4. The van der Waals surface area contributed by atoms with Gasteiger partial charge in [0.2, 0.25) is 0 Å². The van der Waals surface area contributed by atoms with Crippen molar-refractivity contribution in [2.45, 2.75) is 117 Å². The highest BCUT2D eigenvalue weighted by Gasteiger charge is 2.40. The van der Waals surface area contributed by atoms with Crippen molar-refractivity contribution in [2.24, 2.45) is 0 Å². The van der Waals surface area contributed by atoms with E-state index >= 15 is 0 Å². The predicted molar refractivity (Wildman–Crippen MR) is 251 cm³/mol. The predicted octanol–water partition coefficient (Wildman–Crippen LogP) is 12.3.